The minimum Gasteiger partial charge on any atom is -0.389 e. The molecule has 2 atom stereocenters. The molecule has 3 heteroatoms. The van der Waals surface area contributed by atoms with Gasteiger partial charge in [-0.2, -0.15) is 0 Å². The highest BCUT2D eigenvalue weighted by Gasteiger charge is 2.28. The van der Waals surface area contributed by atoms with Gasteiger partial charge in [-0.25, -0.2) is 0 Å². The summed E-state index contributed by atoms with van der Waals surface area (Å²) in [6.07, 6.45) is 1.98. The minimum absolute atomic E-state index is 0.137. The van der Waals surface area contributed by atoms with Gasteiger partial charge in [0.05, 0.1) is 5.60 Å². The number of hydrogen-bond acceptors (Lipinski definition) is 3. The first-order valence-electron chi connectivity index (χ1n) is 4.21. The molecule has 68 valence electrons. The maximum absolute atomic E-state index is 9.71. The highest BCUT2D eigenvalue weighted by Crippen LogP contribution is 2.19. The highest BCUT2D eigenvalue weighted by molar-refractivity contribution is 4.83. The Bertz CT molecular complexity index is 104. The van der Waals surface area contributed by atoms with E-state index in [0.29, 0.717) is 6.54 Å². The van der Waals surface area contributed by atoms with Crippen molar-refractivity contribution in [1.29, 1.82) is 0 Å². The van der Waals surface area contributed by atoms with E-state index in [1.807, 2.05) is 0 Å². The molecule has 0 saturated heterocycles. The zero-order valence-corrected chi connectivity index (χ0v) is 7.51. The van der Waals surface area contributed by atoms with Crippen molar-refractivity contribution in [3.05, 3.63) is 0 Å². The Balaban J connectivity index is 3.99. The van der Waals surface area contributed by atoms with Crippen LogP contribution in [0.2, 0.25) is 0 Å². The van der Waals surface area contributed by atoms with E-state index in [9.17, 15) is 5.11 Å². The second-order valence-electron chi connectivity index (χ2n) is 3.28. The molecular formula is C8H20N2O. The lowest BCUT2D eigenvalue weighted by molar-refractivity contribution is 0.00723. The molecule has 0 heterocycles. The lowest BCUT2D eigenvalue weighted by Gasteiger charge is -2.30. The van der Waals surface area contributed by atoms with E-state index in [4.69, 9.17) is 11.5 Å². The molecule has 0 rings (SSSR count). The monoisotopic (exact) mass is 160 g/mol. The van der Waals surface area contributed by atoms with Gasteiger partial charge in [0.2, 0.25) is 0 Å². The van der Waals surface area contributed by atoms with Crippen LogP contribution in [-0.4, -0.2) is 23.8 Å². The van der Waals surface area contributed by atoms with Crippen molar-refractivity contribution in [1.82, 2.24) is 0 Å². The summed E-state index contributed by atoms with van der Waals surface area (Å²) in [6, 6.07) is 0. The predicted octanol–water partition coefficient (Wildman–Crippen LogP) is 0.0711. The predicted molar refractivity (Wildman–Crippen MR) is 47.1 cm³/mol. The summed E-state index contributed by atoms with van der Waals surface area (Å²) in [5.74, 6) is 0.137. The fourth-order valence-corrected chi connectivity index (χ4v) is 1.20. The quantitative estimate of drug-likeness (QED) is 0.533. The first-order valence-corrected chi connectivity index (χ1v) is 4.21. The van der Waals surface area contributed by atoms with Crippen LogP contribution in [0.1, 0.15) is 26.7 Å². The molecule has 2 unspecified atom stereocenters. The van der Waals surface area contributed by atoms with Crippen molar-refractivity contribution in [2.24, 2.45) is 17.4 Å². The lowest BCUT2D eigenvalue weighted by atomic mass is 9.86. The van der Waals surface area contributed by atoms with Crippen molar-refractivity contribution in [3.8, 4) is 0 Å². The van der Waals surface area contributed by atoms with E-state index in [1.165, 1.54) is 0 Å². The van der Waals surface area contributed by atoms with E-state index in [1.54, 1.807) is 6.92 Å². The third-order valence-electron chi connectivity index (χ3n) is 2.21. The summed E-state index contributed by atoms with van der Waals surface area (Å²) in [5.41, 5.74) is 10.1. The van der Waals surface area contributed by atoms with Crippen LogP contribution < -0.4 is 11.5 Å². The number of aliphatic hydroxyl groups is 1. The molecule has 0 aliphatic heterocycles. The number of nitrogens with two attached hydrogens (primary N) is 2. The Hall–Kier alpha value is -0.120. The van der Waals surface area contributed by atoms with Gasteiger partial charge >= 0.3 is 0 Å². The zero-order chi connectivity index (χ0) is 8.91. The van der Waals surface area contributed by atoms with Gasteiger partial charge in [0, 0.05) is 12.5 Å². The molecule has 11 heavy (non-hydrogen) atoms. The Labute approximate surface area is 68.8 Å². The molecule has 5 N–H and O–H groups in total. The van der Waals surface area contributed by atoms with Crippen molar-refractivity contribution in [2.75, 3.05) is 13.1 Å². The Morgan fingerprint density at radius 2 is 2.00 bits per heavy atom. The van der Waals surface area contributed by atoms with Gasteiger partial charge in [0.15, 0.2) is 0 Å². The zero-order valence-electron chi connectivity index (χ0n) is 7.51. The summed E-state index contributed by atoms with van der Waals surface area (Å²) in [5, 5.41) is 9.71. The molecule has 0 radical (unpaired) electrons. The average Bonchev–Trinajstić information content (AvgIpc) is 2.00. The first-order chi connectivity index (χ1) is 5.08. The van der Waals surface area contributed by atoms with Crippen LogP contribution in [0.3, 0.4) is 0 Å². The van der Waals surface area contributed by atoms with Crippen LogP contribution in [0.15, 0.2) is 0 Å². The van der Waals surface area contributed by atoms with E-state index < -0.39 is 5.60 Å². The van der Waals surface area contributed by atoms with E-state index in [-0.39, 0.29) is 12.5 Å². The van der Waals surface area contributed by atoms with Crippen molar-refractivity contribution < 1.29 is 5.11 Å². The topological polar surface area (TPSA) is 72.3 Å². The Morgan fingerprint density at radius 3 is 2.27 bits per heavy atom. The smallest absolute Gasteiger partial charge is 0.0781 e. The van der Waals surface area contributed by atoms with Crippen LogP contribution >= 0.6 is 0 Å². The molecule has 0 aromatic heterocycles. The van der Waals surface area contributed by atoms with Crippen LogP contribution in [0.4, 0.5) is 0 Å². The fraction of sp³-hybridized carbons (Fsp3) is 1.00. The normalized spacial score (nSPS) is 19.4. The summed E-state index contributed by atoms with van der Waals surface area (Å²) >= 11 is 0. The molecule has 0 spiro atoms. The first kappa shape index (κ1) is 10.9. The van der Waals surface area contributed by atoms with Gasteiger partial charge in [-0.15, -0.1) is 0 Å². The van der Waals surface area contributed by atoms with E-state index in [0.717, 1.165) is 12.8 Å². The van der Waals surface area contributed by atoms with E-state index >= 15 is 0 Å². The SMILES string of the molecule is CCCC(CN)C(C)(O)CN. The molecular weight excluding hydrogens is 140 g/mol. The molecule has 0 aromatic carbocycles. The van der Waals surface area contributed by atoms with E-state index in [2.05, 4.69) is 6.92 Å². The molecule has 0 bridgehead atoms. The third kappa shape index (κ3) is 3.18. The molecule has 0 aliphatic rings. The van der Waals surface area contributed by atoms with Crippen LogP contribution in [0, 0.1) is 5.92 Å². The van der Waals surface area contributed by atoms with Crippen molar-refractivity contribution in [3.63, 3.8) is 0 Å². The Morgan fingerprint density at radius 1 is 1.45 bits per heavy atom. The van der Waals surface area contributed by atoms with Crippen molar-refractivity contribution in [2.45, 2.75) is 32.3 Å². The molecule has 0 amide bonds. The van der Waals surface area contributed by atoms with Crippen LogP contribution in [0.25, 0.3) is 0 Å². The van der Waals surface area contributed by atoms with Gasteiger partial charge in [0.25, 0.3) is 0 Å². The Kier molecular flexibility index (Phi) is 4.65. The lowest BCUT2D eigenvalue weighted by Crippen LogP contribution is -2.45. The highest BCUT2D eigenvalue weighted by atomic mass is 16.3. The molecule has 0 saturated carbocycles. The van der Waals surface area contributed by atoms with Crippen molar-refractivity contribution >= 4 is 0 Å². The second kappa shape index (κ2) is 4.70. The van der Waals surface area contributed by atoms with Gasteiger partial charge in [-0.05, 0) is 19.9 Å². The molecule has 0 aromatic rings. The second-order valence-corrected chi connectivity index (χ2v) is 3.28. The number of hydrogen-bond donors (Lipinski definition) is 3. The summed E-state index contributed by atoms with van der Waals surface area (Å²) in [6.45, 7) is 4.63. The van der Waals surface area contributed by atoms with Gasteiger partial charge in [0.1, 0.15) is 0 Å². The third-order valence-corrected chi connectivity index (χ3v) is 2.21. The average molecular weight is 160 g/mol. The molecule has 3 nitrogen and oxygen atoms in total. The van der Waals surface area contributed by atoms with Gasteiger partial charge < -0.3 is 16.6 Å². The van der Waals surface area contributed by atoms with Crippen LogP contribution in [-0.2, 0) is 0 Å². The minimum atomic E-state index is -0.787. The standard InChI is InChI=1S/C8H20N2O/c1-3-4-7(5-9)8(2,11)6-10/h7,11H,3-6,9-10H2,1-2H3. The molecule has 0 aliphatic carbocycles. The number of rotatable bonds is 5. The maximum atomic E-state index is 9.71. The largest absolute Gasteiger partial charge is 0.389 e. The molecule has 0 fully saturated rings. The summed E-state index contributed by atoms with van der Waals surface area (Å²) < 4.78 is 0. The fourth-order valence-electron chi connectivity index (χ4n) is 1.20. The van der Waals surface area contributed by atoms with Crippen LogP contribution in [0.5, 0.6) is 0 Å². The van der Waals surface area contributed by atoms with Gasteiger partial charge in [-0.3, -0.25) is 0 Å². The summed E-state index contributed by atoms with van der Waals surface area (Å²) in [4.78, 5) is 0. The van der Waals surface area contributed by atoms with Gasteiger partial charge in [-0.1, -0.05) is 13.3 Å². The summed E-state index contributed by atoms with van der Waals surface area (Å²) in [7, 11) is 0. The maximum Gasteiger partial charge on any atom is 0.0781 e.